The van der Waals surface area contributed by atoms with Crippen LogP contribution in [0, 0.1) is 0 Å². The van der Waals surface area contributed by atoms with Crippen LogP contribution in [0.5, 0.6) is 0 Å². The Morgan fingerprint density at radius 2 is 1.85 bits per heavy atom. The lowest BCUT2D eigenvalue weighted by atomic mass is 10.2. The second-order valence-electron chi connectivity index (χ2n) is 2.59. The summed E-state index contributed by atoms with van der Waals surface area (Å²) >= 11 is 0. The average molecular weight is 174 g/mol. The predicted octanol–water partition coefficient (Wildman–Crippen LogP) is 4.30. The van der Waals surface area contributed by atoms with Gasteiger partial charge >= 0.3 is 0 Å². The summed E-state index contributed by atoms with van der Waals surface area (Å²) < 4.78 is 0. The SMILES string of the molecule is C=Cc1ccccc1.CC=CCC. The van der Waals surface area contributed by atoms with Gasteiger partial charge in [0.2, 0.25) is 0 Å². The first-order valence-corrected chi connectivity index (χ1v) is 4.63. The molecule has 0 aliphatic rings. The summed E-state index contributed by atoms with van der Waals surface area (Å²) in [5.41, 5.74) is 1.17. The summed E-state index contributed by atoms with van der Waals surface area (Å²) in [4.78, 5) is 0. The van der Waals surface area contributed by atoms with Gasteiger partial charge in [0, 0.05) is 0 Å². The summed E-state index contributed by atoms with van der Waals surface area (Å²) in [5.74, 6) is 0. The van der Waals surface area contributed by atoms with Gasteiger partial charge in [-0.15, -0.1) is 0 Å². The molecule has 0 heterocycles. The first kappa shape index (κ1) is 11.7. The van der Waals surface area contributed by atoms with Gasteiger partial charge in [-0.1, -0.05) is 62.1 Å². The zero-order valence-corrected chi connectivity index (χ0v) is 8.53. The zero-order chi connectivity index (χ0) is 9.94. The minimum atomic E-state index is 1.16. The molecular formula is C13H18. The van der Waals surface area contributed by atoms with E-state index in [4.69, 9.17) is 0 Å². The second kappa shape index (κ2) is 8.79. The summed E-state index contributed by atoms with van der Waals surface area (Å²) in [6, 6.07) is 10.0. The molecule has 0 N–H and O–H groups in total. The molecule has 0 amide bonds. The van der Waals surface area contributed by atoms with Gasteiger partial charge < -0.3 is 0 Å². The fraction of sp³-hybridized carbons (Fsp3) is 0.231. The predicted molar refractivity (Wildman–Crippen MR) is 61.6 cm³/mol. The molecule has 0 radical (unpaired) electrons. The van der Waals surface area contributed by atoms with Gasteiger partial charge in [0.15, 0.2) is 0 Å². The smallest absolute Gasteiger partial charge is 0.0263 e. The average Bonchev–Trinajstić information content (AvgIpc) is 2.21. The van der Waals surface area contributed by atoms with Gasteiger partial charge in [0.1, 0.15) is 0 Å². The number of benzene rings is 1. The van der Waals surface area contributed by atoms with E-state index in [0.29, 0.717) is 0 Å². The van der Waals surface area contributed by atoms with E-state index in [0.717, 1.165) is 6.42 Å². The largest absolute Gasteiger partial charge is 0.0985 e. The highest BCUT2D eigenvalue weighted by molar-refractivity contribution is 5.45. The molecule has 1 aromatic carbocycles. The third kappa shape index (κ3) is 7.07. The monoisotopic (exact) mass is 174 g/mol. The second-order valence-corrected chi connectivity index (χ2v) is 2.59. The molecule has 0 saturated carbocycles. The van der Waals surface area contributed by atoms with Crippen molar-refractivity contribution in [2.24, 2.45) is 0 Å². The fourth-order valence-corrected chi connectivity index (χ4v) is 0.825. The van der Waals surface area contributed by atoms with Gasteiger partial charge in [0.25, 0.3) is 0 Å². The zero-order valence-electron chi connectivity index (χ0n) is 8.53. The van der Waals surface area contributed by atoms with E-state index in [1.54, 1.807) is 0 Å². The molecular weight excluding hydrogens is 156 g/mol. The van der Waals surface area contributed by atoms with Crippen molar-refractivity contribution in [3.05, 3.63) is 54.6 Å². The van der Waals surface area contributed by atoms with E-state index in [-0.39, 0.29) is 0 Å². The third-order valence-electron chi connectivity index (χ3n) is 1.51. The molecule has 0 aromatic heterocycles. The van der Waals surface area contributed by atoms with E-state index >= 15 is 0 Å². The standard InChI is InChI=1S/C8H8.C5H10/c1-2-8-6-4-3-5-7-8;1-3-5-4-2/h2-7H,1H2;3,5H,4H2,1-2H3. The van der Waals surface area contributed by atoms with E-state index < -0.39 is 0 Å². The molecule has 1 aromatic rings. The van der Waals surface area contributed by atoms with Crippen LogP contribution in [0.15, 0.2) is 49.1 Å². The van der Waals surface area contributed by atoms with Gasteiger partial charge in [-0.25, -0.2) is 0 Å². The van der Waals surface area contributed by atoms with Gasteiger partial charge in [-0.2, -0.15) is 0 Å². The lowest BCUT2D eigenvalue weighted by molar-refractivity contribution is 1.22. The van der Waals surface area contributed by atoms with Crippen LogP contribution in [0.3, 0.4) is 0 Å². The van der Waals surface area contributed by atoms with Crippen molar-refractivity contribution in [3.63, 3.8) is 0 Å². The maximum atomic E-state index is 3.63. The maximum absolute atomic E-state index is 3.63. The number of rotatable bonds is 2. The number of hydrogen-bond donors (Lipinski definition) is 0. The van der Waals surface area contributed by atoms with Gasteiger partial charge in [0.05, 0.1) is 0 Å². The lowest BCUT2D eigenvalue weighted by Crippen LogP contribution is -1.63. The maximum Gasteiger partial charge on any atom is -0.0263 e. The molecule has 0 bridgehead atoms. The topological polar surface area (TPSA) is 0 Å². The van der Waals surface area contributed by atoms with Crippen LogP contribution in [-0.4, -0.2) is 0 Å². The molecule has 0 spiro atoms. The van der Waals surface area contributed by atoms with Crippen LogP contribution < -0.4 is 0 Å². The number of allylic oxidation sites excluding steroid dienone is 2. The molecule has 13 heavy (non-hydrogen) atoms. The molecule has 1 rings (SSSR count). The van der Waals surface area contributed by atoms with E-state index in [1.165, 1.54) is 5.56 Å². The van der Waals surface area contributed by atoms with E-state index in [1.807, 2.05) is 43.3 Å². The molecule has 0 aliphatic carbocycles. The van der Waals surface area contributed by atoms with Crippen molar-refractivity contribution in [1.82, 2.24) is 0 Å². The van der Waals surface area contributed by atoms with Crippen LogP contribution in [0.1, 0.15) is 25.8 Å². The first-order valence-electron chi connectivity index (χ1n) is 4.63. The Balaban J connectivity index is 0.000000252. The Labute approximate surface area is 81.6 Å². The summed E-state index contributed by atoms with van der Waals surface area (Å²) in [6.45, 7) is 7.79. The summed E-state index contributed by atoms with van der Waals surface area (Å²) in [5, 5.41) is 0. The Hall–Kier alpha value is -1.30. The first-order chi connectivity index (χ1) is 6.35. The highest BCUT2D eigenvalue weighted by Crippen LogP contribution is 1.97. The molecule has 0 nitrogen and oxygen atoms in total. The normalized spacial score (nSPS) is 9.08. The van der Waals surface area contributed by atoms with Crippen LogP contribution >= 0.6 is 0 Å². The van der Waals surface area contributed by atoms with Crippen molar-refractivity contribution in [2.45, 2.75) is 20.3 Å². The van der Waals surface area contributed by atoms with Crippen molar-refractivity contribution >= 4 is 6.08 Å². The molecule has 0 fully saturated rings. The minimum absolute atomic E-state index is 1.16. The third-order valence-corrected chi connectivity index (χ3v) is 1.51. The van der Waals surface area contributed by atoms with E-state index in [9.17, 15) is 0 Å². The van der Waals surface area contributed by atoms with Crippen molar-refractivity contribution in [3.8, 4) is 0 Å². The molecule has 0 heteroatoms. The van der Waals surface area contributed by atoms with Crippen LogP contribution in [0.25, 0.3) is 6.08 Å². The molecule has 70 valence electrons. The highest BCUT2D eigenvalue weighted by Gasteiger charge is 1.75. The quantitative estimate of drug-likeness (QED) is 0.586. The fourth-order valence-electron chi connectivity index (χ4n) is 0.825. The molecule has 0 saturated heterocycles. The van der Waals surface area contributed by atoms with Gasteiger partial charge in [-0.3, -0.25) is 0 Å². The summed E-state index contributed by atoms with van der Waals surface area (Å²) in [7, 11) is 0. The Morgan fingerprint density at radius 1 is 1.23 bits per heavy atom. The van der Waals surface area contributed by atoms with Crippen molar-refractivity contribution in [1.29, 1.82) is 0 Å². The highest BCUT2D eigenvalue weighted by atomic mass is 13.8. The van der Waals surface area contributed by atoms with E-state index in [2.05, 4.69) is 25.7 Å². The van der Waals surface area contributed by atoms with Crippen molar-refractivity contribution in [2.75, 3.05) is 0 Å². The lowest BCUT2D eigenvalue weighted by Gasteiger charge is -1.85. The Kier molecular flexibility index (Phi) is 7.91. The Bertz CT molecular complexity index is 231. The van der Waals surface area contributed by atoms with Crippen molar-refractivity contribution < 1.29 is 0 Å². The van der Waals surface area contributed by atoms with Crippen LogP contribution in [0.2, 0.25) is 0 Å². The molecule has 0 atom stereocenters. The van der Waals surface area contributed by atoms with Crippen LogP contribution in [-0.2, 0) is 0 Å². The molecule has 0 aliphatic heterocycles. The summed E-state index contributed by atoms with van der Waals surface area (Å²) in [6.07, 6.45) is 7.18. The Morgan fingerprint density at radius 3 is 2.08 bits per heavy atom. The molecule has 0 unspecified atom stereocenters. The van der Waals surface area contributed by atoms with Crippen LogP contribution in [0.4, 0.5) is 0 Å². The number of hydrogen-bond acceptors (Lipinski definition) is 0. The van der Waals surface area contributed by atoms with Gasteiger partial charge in [-0.05, 0) is 18.9 Å². The minimum Gasteiger partial charge on any atom is -0.0985 e.